The standard InChI is InChI=1S/C35H52BrN3O/c1-2-3-4-5-6-7-8-9-10-11-12-13-14-20-29-39-33-22-18-17-21-32(33)38-34(39)23-16-15-19-28-37-35(40)30-24-26-31(36)27-25-30/h17-18,21-22,24-27H,2-16,19-20,23,28-29H2,1H3,(H,37,40). The van der Waals surface area contributed by atoms with Crippen molar-refractivity contribution in [2.24, 2.45) is 0 Å². The van der Waals surface area contributed by atoms with Crippen LogP contribution in [-0.2, 0) is 13.0 Å². The van der Waals surface area contributed by atoms with Crippen molar-refractivity contribution in [3.05, 3.63) is 64.4 Å². The number of rotatable bonds is 22. The maximum atomic E-state index is 12.3. The molecule has 0 saturated carbocycles. The maximum Gasteiger partial charge on any atom is 0.251 e. The third-order valence-electron chi connectivity index (χ3n) is 7.94. The minimum atomic E-state index is 0.00228. The fraction of sp³-hybridized carbons (Fsp3) is 0.600. The van der Waals surface area contributed by atoms with E-state index in [1.165, 1.54) is 101 Å². The first kappa shape index (κ1) is 32.4. The van der Waals surface area contributed by atoms with Gasteiger partial charge in [0.25, 0.3) is 5.91 Å². The number of para-hydroxylation sites is 2. The molecule has 1 heterocycles. The number of unbranched alkanes of at least 4 members (excludes halogenated alkanes) is 15. The highest BCUT2D eigenvalue weighted by atomic mass is 79.9. The van der Waals surface area contributed by atoms with Crippen LogP contribution in [0.25, 0.3) is 11.0 Å². The van der Waals surface area contributed by atoms with Crippen LogP contribution < -0.4 is 5.32 Å². The Morgan fingerprint density at radius 1 is 0.725 bits per heavy atom. The summed E-state index contributed by atoms with van der Waals surface area (Å²) in [6, 6.07) is 16.1. The summed E-state index contributed by atoms with van der Waals surface area (Å²) in [5.41, 5.74) is 3.10. The second kappa shape index (κ2) is 19.9. The number of amides is 1. The summed E-state index contributed by atoms with van der Waals surface area (Å²) >= 11 is 3.41. The second-order valence-corrected chi connectivity index (χ2v) is 12.3. The number of carbonyl (C=O) groups excluding carboxylic acids is 1. The van der Waals surface area contributed by atoms with Crippen molar-refractivity contribution in [3.63, 3.8) is 0 Å². The second-order valence-electron chi connectivity index (χ2n) is 11.3. The average molecular weight is 611 g/mol. The highest BCUT2D eigenvalue weighted by molar-refractivity contribution is 9.10. The lowest BCUT2D eigenvalue weighted by molar-refractivity contribution is 0.0953. The van der Waals surface area contributed by atoms with Crippen molar-refractivity contribution in [1.29, 1.82) is 0 Å². The van der Waals surface area contributed by atoms with E-state index >= 15 is 0 Å². The number of hydrogen-bond donors (Lipinski definition) is 1. The molecule has 0 bridgehead atoms. The van der Waals surface area contributed by atoms with E-state index < -0.39 is 0 Å². The molecule has 0 aliphatic rings. The fourth-order valence-corrected chi connectivity index (χ4v) is 5.78. The smallest absolute Gasteiger partial charge is 0.251 e. The van der Waals surface area contributed by atoms with Gasteiger partial charge in [0, 0.05) is 29.5 Å². The number of imidazole rings is 1. The Bertz CT molecular complexity index is 1090. The number of aryl methyl sites for hydroxylation is 2. The van der Waals surface area contributed by atoms with Gasteiger partial charge in [-0.15, -0.1) is 0 Å². The number of halogens is 1. The molecule has 3 rings (SSSR count). The van der Waals surface area contributed by atoms with Crippen LogP contribution in [0.2, 0.25) is 0 Å². The summed E-state index contributed by atoms with van der Waals surface area (Å²) < 4.78 is 3.45. The molecular weight excluding hydrogens is 558 g/mol. The molecule has 0 radical (unpaired) electrons. The van der Waals surface area contributed by atoms with Crippen LogP contribution in [-0.4, -0.2) is 22.0 Å². The number of aromatic nitrogens is 2. The molecule has 0 aliphatic carbocycles. The third-order valence-corrected chi connectivity index (χ3v) is 8.47. The quantitative estimate of drug-likeness (QED) is 0.115. The number of fused-ring (bicyclic) bond motifs is 1. The number of hydrogen-bond acceptors (Lipinski definition) is 2. The van der Waals surface area contributed by atoms with Crippen LogP contribution >= 0.6 is 15.9 Å². The summed E-state index contributed by atoms with van der Waals surface area (Å²) in [6.07, 6.45) is 23.6. The molecule has 40 heavy (non-hydrogen) atoms. The van der Waals surface area contributed by atoms with E-state index in [2.05, 4.69) is 57.0 Å². The first-order valence-electron chi connectivity index (χ1n) is 16.2. The lowest BCUT2D eigenvalue weighted by Crippen LogP contribution is -2.24. The molecular formula is C35H52BrN3O. The zero-order valence-corrected chi connectivity index (χ0v) is 26.5. The predicted molar refractivity (Wildman–Crippen MR) is 174 cm³/mol. The molecule has 220 valence electrons. The average Bonchev–Trinajstić information content (AvgIpc) is 3.32. The summed E-state index contributed by atoms with van der Waals surface area (Å²) in [7, 11) is 0. The van der Waals surface area contributed by atoms with Crippen LogP contribution in [0.3, 0.4) is 0 Å². The third kappa shape index (κ3) is 12.2. The van der Waals surface area contributed by atoms with Crippen LogP contribution in [0.1, 0.15) is 132 Å². The van der Waals surface area contributed by atoms with Crippen molar-refractivity contribution in [2.45, 2.75) is 129 Å². The van der Waals surface area contributed by atoms with Crippen LogP contribution in [0.15, 0.2) is 53.0 Å². The lowest BCUT2D eigenvalue weighted by atomic mass is 10.0. The van der Waals surface area contributed by atoms with Crippen molar-refractivity contribution in [2.75, 3.05) is 6.54 Å². The van der Waals surface area contributed by atoms with Gasteiger partial charge < -0.3 is 9.88 Å². The van der Waals surface area contributed by atoms with Crippen LogP contribution in [0.4, 0.5) is 0 Å². The van der Waals surface area contributed by atoms with Gasteiger partial charge >= 0.3 is 0 Å². The Kier molecular flexibility index (Phi) is 16.1. The Morgan fingerprint density at radius 3 is 1.95 bits per heavy atom. The topological polar surface area (TPSA) is 46.9 Å². The van der Waals surface area contributed by atoms with Crippen molar-refractivity contribution >= 4 is 32.9 Å². The molecule has 0 atom stereocenters. The summed E-state index contributed by atoms with van der Waals surface area (Å²) in [5.74, 6) is 1.22. The Hall–Kier alpha value is -2.14. The molecule has 2 aromatic carbocycles. The SMILES string of the molecule is CCCCCCCCCCCCCCCCn1c(CCCCCNC(=O)c2ccc(Br)cc2)nc2ccccc21. The van der Waals surface area contributed by atoms with Gasteiger partial charge in [-0.2, -0.15) is 0 Å². The van der Waals surface area contributed by atoms with Gasteiger partial charge in [0.15, 0.2) is 0 Å². The summed E-state index contributed by atoms with van der Waals surface area (Å²) in [4.78, 5) is 17.3. The molecule has 0 unspecified atom stereocenters. The minimum absolute atomic E-state index is 0.00228. The lowest BCUT2D eigenvalue weighted by Gasteiger charge is -2.10. The number of carbonyl (C=O) groups is 1. The van der Waals surface area contributed by atoms with Crippen molar-refractivity contribution in [3.8, 4) is 0 Å². The monoisotopic (exact) mass is 609 g/mol. The molecule has 0 fully saturated rings. The van der Waals surface area contributed by atoms with E-state index in [0.29, 0.717) is 12.1 Å². The van der Waals surface area contributed by atoms with Crippen LogP contribution in [0.5, 0.6) is 0 Å². The zero-order chi connectivity index (χ0) is 28.3. The van der Waals surface area contributed by atoms with Crippen molar-refractivity contribution < 1.29 is 4.79 Å². The Morgan fingerprint density at radius 2 is 1.30 bits per heavy atom. The first-order valence-corrected chi connectivity index (χ1v) is 17.0. The number of nitrogens with zero attached hydrogens (tertiary/aromatic N) is 2. The number of benzene rings is 2. The van der Waals surface area contributed by atoms with E-state index in [9.17, 15) is 4.79 Å². The van der Waals surface area contributed by atoms with E-state index in [4.69, 9.17) is 4.98 Å². The van der Waals surface area contributed by atoms with Crippen molar-refractivity contribution in [1.82, 2.24) is 14.9 Å². The maximum absolute atomic E-state index is 12.3. The molecule has 5 heteroatoms. The molecule has 1 aromatic heterocycles. The predicted octanol–water partition coefficient (Wildman–Crippen LogP) is 10.4. The number of nitrogens with one attached hydrogen (secondary N) is 1. The first-order chi connectivity index (χ1) is 19.7. The van der Waals surface area contributed by atoms with Gasteiger partial charge in [-0.3, -0.25) is 4.79 Å². The molecule has 4 nitrogen and oxygen atoms in total. The molecule has 0 aliphatic heterocycles. The van der Waals surface area contributed by atoms with E-state index in [1.54, 1.807) is 0 Å². The van der Waals surface area contributed by atoms with Gasteiger partial charge in [-0.25, -0.2) is 4.98 Å². The molecule has 1 N–H and O–H groups in total. The summed E-state index contributed by atoms with van der Waals surface area (Å²) in [5, 5.41) is 3.04. The minimum Gasteiger partial charge on any atom is -0.352 e. The van der Waals surface area contributed by atoms with Gasteiger partial charge in [-0.05, 0) is 55.7 Å². The molecule has 3 aromatic rings. The highest BCUT2D eigenvalue weighted by Gasteiger charge is 2.10. The zero-order valence-electron chi connectivity index (χ0n) is 24.9. The van der Waals surface area contributed by atoms with Gasteiger partial charge in [0.1, 0.15) is 5.82 Å². The van der Waals surface area contributed by atoms with E-state index in [0.717, 1.165) is 42.2 Å². The molecule has 0 spiro atoms. The Labute approximate surface area is 251 Å². The molecule has 0 saturated heterocycles. The fourth-order valence-electron chi connectivity index (χ4n) is 5.52. The largest absolute Gasteiger partial charge is 0.352 e. The Balaban J connectivity index is 1.28. The van der Waals surface area contributed by atoms with Gasteiger partial charge in [-0.1, -0.05) is 125 Å². The molecule has 1 amide bonds. The van der Waals surface area contributed by atoms with E-state index in [-0.39, 0.29) is 5.91 Å². The van der Waals surface area contributed by atoms with Crippen LogP contribution in [0, 0.1) is 0 Å². The van der Waals surface area contributed by atoms with E-state index in [1.807, 2.05) is 24.3 Å². The van der Waals surface area contributed by atoms with Gasteiger partial charge in [0.2, 0.25) is 0 Å². The summed E-state index contributed by atoms with van der Waals surface area (Å²) in [6.45, 7) is 4.07. The normalized spacial score (nSPS) is 11.3. The highest BCUT2D eigenvalue weighted by Crippen LogP contribution is 2.20. The van der Waals surface area contributed by atoms with Gasteiger partial charge in [0.05, 0.1) is 11.0 Å².